The minimum Gasteiger partial charge on any atom is -0.312 e. The SMILES string of the molecule is CNC(C)c1cnc(-c2ccc(F)c(F)c2)s1. The molecule has 0 bridgehead atoms. The highest BCUT2D eigenvalue weighted by molar-refractivity contribution is 7.15. The van der Waals surface area contributed by atoms with Crippen molar-refractivity contribution in [3.8, 4) is 10.6 Å². The van der Waals surface area contributed by atoms with Gasteiger partial charge in [-0.2, -0.15) is 0 Å². The summed E-state index contributed by atoms with van der Waals surface area (Å²) in [5, 5.41) is 3.80. The van der Waals surface area contributed by atoms with Crippen LogP contribution in [0.5, 0.6) is 0 Å². The fourth-order valence-electron chi connectivity index (χ4n) is 1.39. The third-order valence-electron chi connectivity index (χ3n) is 2.55. The average molecular weight is 254 g/mol. The third-order valence-corrected chi connectivity index (χ3v) is 3.78. The molecule has 2 nitrogen and oxygen atoms in total. The van der Waals surface area contributed by atoms with Gasteiger partial charge in [-0.1, -0.05) is 0 Å². The minimum absolute atomic E-state index is 0.201. The lowest BCUT2D eigenvalue weighted by Crippen LogP contribution is -2.10. The molecule has 0 fully saturated rings. The van der Waals surface area contributed by atoms with Gasteiger partial charge in [-0.15, -0.1) is 11.3 Å². The standard InChI is InChI=1S/C12H12F2N2S/c1-7(15-2)11-6-16-12(17-11)8-3-4-9(13)10(14)5-8/h3-7,15H,1-2H3. The van der Waals surface area contributed by atoms with E-state index >= 15 is 0 Å². The Bertz CT molecular complexity index is 525. The van der Waals surface area contributed by atoms with Gasteiger partial charge in [0, 0.05) is 22.7 Å². The first kappa shape index (κ1) is 12.1. The number of rotatable bonds is 3. The molecule has 0 saturated heterocycles. The maximum atomic E-state index is 13.1. The van der Waals surface area contributed by atoms with Crippen LogP contribution in [0.3, 0.4) is 0 Å². The van der Waals surface area contributed by atoms with Crippen molar-refractivity contribution >= 4 is 11.3 Å². The molecule has 0 saturated carbocycles. The van der Waals surface area contributed by atoms with E-state index in [4.69, 9.17) is 0 Å². The Labute approximate surface area is 102 Å². The molecule has 1 N–H and O–H groups in total. The maximum absolute atomic E-state index is 13.1. The lowest BCUT2D eigenvalue weighted by atomic mass is 10.2. The first-order chi connectivity index (χ1) is 8.11. The molecule has 0 radical (unpaired) electrons. The molecule has 2 rings (SSSR count). The van der Waals surface area contributed by atoms with Crippen molar-refractivity contribution in [3.63, 3.8) is 0 Å². The van der Waals surface area contributed by atoms with Gasteiger partial charge in [0.2, 0.25) is 0 Å². The van der Waals surface area contributed by atoms with Gasteiger partial charge in [0.15, 0.2) is 11.6 Å². The molecule has 0 amide bonds. The Balaban J connectivity index is 2.33. The number of aromatic nitrogens is 1. The molecule has 1 aromatic carbocycles. The smallest absolute Gasteiger partial charge is 0.159 e. The first-order valence-electron chi connectivity index (χ1n) is 5.20. The van der Waals surface area contributed by atoms with Crippen molar-refractivity contribution in [2.45, 2.75) is 13.0 Å². The number of nitrogens with one attached hydrogen (secondary N) is 1. The van der Waals surface area contributed by atoms with Crippen molar-refractivity contribution in [2.75, 3.05) is 7.05 Å². The molecule has 17 heavy (non-hydrogen) atoms. The van der Waals surface area contributed by atoms with Gasteiger partial charge in [0.1, 0.15) is 5.01 Å². The normalized spacial score (nSPS) is 12.7. The van der Waals surface area contributed by atoms with E-state index in [0.717, 1.165) is 10.9 Å². The zero-order chi connectivity index (χ0) is 12.4. The highest BCUT2D eigenvalue weighted by Crippen LogP contribution is 2.29. The molecular weight excluding hydrogens is 242 g/mol. The lowest BCUT2D eigenvalue weighted by Gasteiger charge is -2.04. The summed E-state index contributed by atoms with van der Waals surface area (Å²) >= 11 is 1.47. The summed E-state index contributed by atoms with van der Waals surface area (Å²) in [5.41, 5.74) is 0.600. The van der Waals surface area contributed by atoms with E-state index < -0.39 is 11.6 Å². The van der Waals surface area contributed by atoms with Gasteiger partial charge in [0.25, 0.3) is 0 Å². The summed E-state index contributed by atoms with van der Waals surface area (Å²) in [6.07, 6.45) is 1.75. The number of hydrogen-bond donors (Lipinski definition) is 1. The van der Waals surface area contributed by atoms with Crippen LogP contribution in [0.2, 0.25) is 0 Å². The zero-order valence-electron chi connectivity index (χ0n) is 9.50. The minimum atomic E-state index is -0.846. The predicted octanol–water partition coefficient (Wildman–Crippen LogP) is 3.37. The second-order valence-corrected chi connectivity index (χ2v) is 4.77. The van der Waals surface area contributed by atoms with Crippen molar-refractivity contribution < 1.29 is 8.78 Å². The highest BCUT2D eigenvalue weighted by Gasteiger charge is 2.11. The fraction of sp³-hybridized carbons (Fsp3) is 0.250. The second-order valence-electron chi connectivity index (χ2n) is 3.71. The molecule has 2 aromatic rings. The van der Waals surface area contributed by atoms with Crippen LogP contribution in [0.15, 0.2) is 24.4 Å². The number of hydrogen-bond acceptors (Lipinski definition) is 3. The molecule has 90 valence electrons. The molecule has 5 heteroatoms. The molecule has 0 aliphatic heterocycles. The molecule has 0 aliphatic carbocycles. The summed E-state index contributed by atoms with van der Waals surface area (Å²) in [6.45, 7) is 2.02. The summed E-state index contributed by atoms with van der Waals surface area (Å²) in [5.74, 6) is -1.69. The summed E-state index contributed by atoms with van der Waals surface area (Å²) in [4.78, 5) is 5.28. The summed E-state index contributed by atoms with van der Waals surface area (Å²) in [7, 11) is 1.86. The van der Waals surface area contributed by atoms with E-state index in [1.165, 1.54) is 23.5 Å². The van der Waals surface area contributed by atoms with Gasteiger partial charge in [-0.25, -0.2) is 13.8 Å². The molecule has 0 spiro atoms. The molecular formula is C12H12F2N2S. The quantitative estimate of drug-likeness (QED) is 0.908. The number of halogens is 2. The molecule has 1 atom stereocenters. The van der Waals surface area contributed by atoms with Crippen molar-refractivity contribution in [3.05, 3.63) is 40.9 Å². The van der Waals surface area contributed by atoms with Crippen LogP contribution in [0, 0.1) is 11.6 Å². The van der Waals surface area contributed by atoms with Crippen LogP contribution < -0.4 is 5.32 Å². The number of nitrogens with zero attached hydrogens (tertiary/aromatic N) is 1. The second kappa shape index (κ2) is 4.89. The largest absolute Gasteiger partial charge is 0.312 e. The van der Waals surface area contributed by atoms with E-state index in [-0.39, 0.29) is 6.04 Å². The predicted molar refractivity (Wildman–Crippen MR) is 64.9 cm³/mol. The lowest BCUT2D eigenvalue weighted by molar-refractivity contribution is 0.509. The van der Waals surface area contributed by atoms with Crippen LogP contribution in [0.1, 0.15) is 17.8 Å². The van der Waals surface area contributed by atoms with E-state index in [1.54, 1.807) is 6.20 Å². The summed E-state index contributed by atoms with van der Waals surface area (Å²) < 4.78 is 25.9. The Kier molecular flexibility index (Phi) is 3.49. The molecule has 0 aliphatic rings. The first-order valence-corrected chi connectivity index (χ1v) is 6.02. The molecule has 1 unspecified atom stereocenters. The number of thiazole rings is 1. The summed E-state index contributed by atoms with van der Waals surface area (Å²) in [6, 6.07) is 4.02. The topological polar surface area (TPSA) is 24.9 Å². The molecule has 1 heterocycles. The van der Waals surface area contributed by atoms with E-state index in [9.17, 15) is 8.78 Å². The number of benzene rings is 1. The van der Waals surface area contributed by atoms with Gasteiger partial charge < -0.3 is 5.32 Å². The van der Waals surface area contributed by atoms with Gasteiger partial charge in [0.05, 0.1) is 0 Å². The monoisotopic (exact) mass is 254 g/mol. The Hall–Kier alpha value is -1.33. The maximum Gasteiger partial charge on any atom is 0.159 e. The Morgan fingerprint density at radius 2 is 2.06 bits per heavy atom. The van der Waals surface area contributed by atoms with Crippen molar-refractivity contribution in [2.24, 2.45) is 0 Å². The highest BCUT2D eigenvalue weighted by atomic mass is 32.1. The van der Waals surface area contributed by atoms with Crippen molar-refractivity contribution in [1.29, 1.82) is 0 Å². The van der Waals surface area contributed by atoms with Crippen LogP contribution >= 0.6 is 11.3 Å². The van der Waals surface area contributed by atoms with Crippen LogP contribution in [0.4, 0.5) is 8.78 Å². The van der Waals surface area contributed by atoms with Crippen LogP contribution in [0.25, 0.3) is 10.6 Å². The molecule has 1 aromatic heterocycles. The zero-order valence-corrected chi connectivity index (χ0v) is 10.3. The average Bonchev–Trinajstić information content (AvgIpc) is 2.81. The van der Waals surface area contributed by atoms with E-state index in [1.807, 2.05) is 14.0 Å². The van der Waals surface area contributed by atoms with E-state index in [2.05, 4.69) is 10.3 Å². The van der Waals surface area contributed by atoms with Crippen LogP contribution in [-0.2, 0) is 0 Å². The Morgan fingerprint density at radius 1 is 1.29 bits per heavy atom. The van der Waals surface area contributed by atoms with Gasteiger partial charge in [-0.3, -0.25) is 0 Å². The van der Waals surface area contributed by atoms with Crippen molar-refractivity contribution in [1.82, 2.24) is 10.3 Å². The fourth-order valence-corrected chi connectivity index (χ4v) is 2.37. The van der Waals surface area contributed by atoms with Gasteiger partial charge >= 0.3 is 0 Å². The van der Waals surface area contributed by atoms with E-state index in [0.29, 0.717) is 10.6 Å². The van der Waals surface area contributed by atoms with Gasteiger partial charge in [-0.05, 0) is 32.2 Å². The third kappa shape index (κ3) is 2.50. The Morgan fingerprint density at radius 3 is 2.71 bits per heavy atom. The van der Waals surface area contributed by atoms with Crippen LogP contribution in [-0.4, -0.2) is 12.0 Å².